The number of rotatable bonds is 4. The largest absolute Gasteiger partial charge is 0.872 e. The van der Waals surface area contributed by atoms with Crippen molar-refractivity contribution in [1.82, 2.24) is 10.7 Å². The van der Waals surface area contributed by atoms with Gasteiger partial charge in [0.25, 0.3) is 5.69 Å². The van der Waals surface area contributed by atoms with Crippen LogP contribution in [0.3, 0.4) is 0 Å². The first-order valence-corrected chi connectivity index (χ1v) is 8.85. The normalized spacial score (nSPS) is 18.6. The van der Waals surface area contributed by atoms with Gasteiger partial charge in [-0.2, -0.15) is 5.10 Å². The van der Waals surface area contributed by atoms with Crippen molar-refractivity contribution in [3.8, 4) is 5.75 Å². The van der Waals surface area contributed by atoms with Crippen LogP contribution in [0.4, 0.5) is 5.69 Å². The smallest absolute Gasteiger partial charge is 0.329 e. The summed E-state index contributed by atoms with van der Waals surface area (Å²) in [4.78, 5) is 34.2. The molecule has 10 nitrogen and oxygen atoms in total. The summed E-state index contributed by atoms with van der Waals surface area (Å²) in [7, 11) is 0. The highest BCUT2D eigenvalue weighted by Crippen LogP contribution is 2.21. The molecule has 0 saturated carbocycles. The summed E-state index contributed by atoms with van der Waals surface area (Å²) in [5.74, 6) is -2.28. The highest BCUT2D eigenvalue weighted by atomic mass is 16.6. The molecule has 1 aromatic carbocycles. The minimum Gasteiger partial charge on any atom is -0.872 e. The number of piperidine rings is 1. The van der Waals surface area contributed by atoms with E-state index < -0.39 is 22.5 Å². The van der Waals surface area contributed by atoms with Gasteiger partial charge in [0.05, 0.1) is 22.2 Å². The number of hydrazone groups is 1. The maximum absolute atomic E-state index is 12.1. The van der Waals surface area contributed by atoms with E-state index in [-0.39, 0.29) is 28.4 Å². The highest BCUT2D eigenvalue weighted by molar-refractivity contribution is 6.35. The quantitative estimate of drug-likeness (QED) is 0.274. The van der Waals surface area contributed by atoms with Crippen LogP contribution in [-0.2, 0) is 9.59 Å². The van der Waals surface area contributed by atoms with Crippen LogP contribution in [0.2, 0.25) is 0 Å². The average Bonchev–Trinajstić information content (AvgIpc) is 2.53. The van der Waals surface area contributed by atoms with E-state index in [0.29, 0.717) is 12.8 Å². The lowest BCUT2D eigenvalue weighted by atomic mass is 9.79. The van der Waals surface area contributed by atoms with Crippen molar-refractivity contribution in [2.24, 2.45) is 5.10 Å². The van der Waals surface area contributed by atoms with Gasteiger partial charge in [0.2, 0.25) is 0 Å². The zero-order valence-corrected chi connectivity index (χ0v) is 16.3. The van der Waals surface area contributed by atoms with Crippen LogP contribution in [0, 0.1) is 10.1 Å². The molecule has 0 atom stereocenters. The Balaban J connectivity index is 1.96. The number of nitrogens with zero attached hydrogens (tertiary/aromatic N) is 2. The van der Waals surface area contributed by atoms with Crippen molar-refractivity contribution < 1.29 is 24.9 Å². The first-order valence-electron chi connectivity index (χ1n) is 8.85. The van der Waals surface area contributed by atoms with Gasteiger partial charge in [-0.15, -0.1) is 0 Å². The van der Waals surface area contributed by atoms with E-state index in [1.807, 2.05) is 5.43 Å². The molecule has 0 bridgehead atoms. The molecule has 4 N–H and O–H groups in total. The second-order valence-corrected chi connectivity index (χ2v) is 8.38. The van der Waals surface area contributed by atoms with Crippen molar-refractivity contribution in [3.63, 3.8) is 0 Å². The molecule has 2 amide bonds. The zero-order valence-electron chi connectivity index (χ0n) is 16.3. The molecule has 1 aliphatic rings. The number of carbonyl (C=O) groups excluding carboxylic acids is 2. The number of non-ortho nitro benzene ring substituents is 1. The van der Waals surface area contributed by atoms with Gasteiger partial charge in [-0.3, -0.25) is 19.7 Å². The maximum Gasteiger partial charge on any atom is 0.329 e. The zero-order chi connectivity index (χ0) is 21.1. The summed E-state index contributed by atoms with van der Waals surface area (Å²) in [6.07, 6.45) is 2.40. The molecule has 2 rings (SSSR count). The number of quaternary nitrogens is 1. The van der Waals surface area contributed by atoms with Crippen LogP contribution in [0.15, 0.2) is 23.3 Å². The highest BCUT2D eigenvalue weighted by Gasteiger charge is 2.42. The number of amides is 2. The first kappa shape index (κ1) is 21.3. The summed E-state index contributed by atoms with van der Waals surface area (Å²) in [6, 6.07) is 3.01. The Bertz CT molecular complexity index is 803. The van der Waals surface area contributed by atoms with Gasteiger partial charge >= 0.3 is 11.8 Å². The lowest BCUT2D eigenvalue weighted by Gasteiger charge is -2.43. The summed E-state index contributed by atoms with van der Waals surface area (Å²) < 4.78 is 0. The van der Waals surface area contributed by atoms with Crippen molar-refractivity contribution in [1.29, 1.82) is 0 Å². The number of nitrogens with two attached hydrogens (primary N) is 1. The van der Waals surface area contributed by atoms with Gasteiger partial charge < -0.3 is 15.7 Å². The van der Waals surface area contributed by atoms with Crippen LogP contribution in [0.5, 0.6) is 5.75 Å². The number of nitrogens with one attached hydrogen (secondary N) is 2. The fraction of sp³-hybridized carbons (Fsp3) is 0.500. The second-order valence-electron chi connectivity index (χ2n) is 8.38. The van der Waals surface area contributed by atoms with Crippen LogP contribution in [0.1, 0.15) is 46.1 Å². The lowest BCUT2D eigenvalue weighted by Crippen LogP contribution is -3.06. The van der Waals surface area contributed by atoms with E-state index in [2.05, 4.69) is 43.4 Å². The van der Waals surface area contributed by atoms with E-state index >= 15 is 0 Å². The molecule has 1 aromatic rings. The molecule has 0 aromatic heterocycles. The molecular formula is C18H25N5O5. The van der Waals surface area contributed by atoms with Crippen molar-refractivity contribution in [3.05, 3.63) is 33.9 Å². The van der Waals surface area contributed by atoms with E-state index in [9.17, 15) is 24.8 Å². The van der Waals surface area contributed by atoms with Crippen LogP contribution < -0.4 is 21.2 Å². The molecule has 0 radical (unpaired) electrons. The third-order valence-electron chi connectivity index (χ3n) is 4.44. The first-order chi connectivity index (χ1) is 12.9. The number of benzene rings is 1. The van der Waals surface area contributed by atoms with E-state index in [4.69, 9.17) is 0 Å². The van der Waals surface area contributed by atoms with Crippen molar-refractivity contribution in [2.45, 2.75) is 57.7 Å². The Hall–Kier alpha value is -3.01. The second kappa shape index (κ2) is 7.93. The van der Waals surface area contributed by atoms with Crippen LogP contribution in [0.25, 0.3) is 0 Å². The summed E-state index contributed by atoms with van der Waals surface area (Å²) in [5.41, 5.74) is 1.56. The number of hydrogen-bond acceptors (Lipinski definition) is 6. The summed E-state index contributed by atoms with van der Waals surface area (Å²) in [6.45, 7) is 8.32. The molecule has 10 heteroatoms. The predicted molar refractivity (Wildman–Crippen MR) is 99.5 cm³/mol. The summed E-state index contributed by atoms with van der Waals surface area (Å²) >= 11 is 0. The van der Waals surface area contributed by atoms with Gasteiger partial charge in [-0.1, -0.05) is 11.8 Å². The fourth-order valence-electron chi connectivity index (χ4n) is 3.83. The standard InChI is InChI=1S/C18H25N5O5/c1-17(2)8-12(9-18(3,4)22-17)20-15(25)16(26)21-19-10-11-7-13(23(27)28)5-6-14(11)24/h5-7,10,12,22,24H,8-9H2,1-4H3,(H,20,25)(H,21,26)/b19-10-. The Morgan fingerprint density at radius 2 is 1.82 bits per heavy atom. The minimum atomic E-state index is -0.973. The third kappa shape index (κ3) is 5.74. The van der Waals surface area contributed by atoms with Gasteiger partial charge in [0.15, 0.2) is 0 Å². The predicted octanol–water partition coefficient (Wildman–Crippen LogP) is -0.482. The summed E-state index contributed by atoms with van der Waals surface area (Å²) in [5, 5.41) is 31.0. The average molecular weight is 391 g/mol. The van der Waals surface area contributed by atoms with E-state index in [1.54, 1.807) is 0 Å². The number of carbonyl (C=O) groups is 2. The number of nitro benzene ring substituents is 1. The monoisotopic (exact) mass is 391 g/mol. The number of hydrogen-bond donors (Lipinski definition) is 3. The lowest BCUT2D eigenvalue weighted by molar-refractivity contribution is -0.787. The molecule has 28 heavy (non-hydrogen) atoms. The molecule has 0 aliphatic carbocycles. The number of nitro groups is 1. The van der Waals surface area contributed by atoms with Crippen LogP contribution in [-0.4, -0.2) is 40.1 Å². The van der Waals surface area contributed by atoms with Crippen molar-refractivity contribution in [2.75, 3.05) is 0 Å². The molecule has 1 aliphatic heterocycles. The molecule has 0 unspecified atom stereocenters. The molecular weight excluding hydrogens is 366 g/mol. The van der Waals surface area contributed by atoms with E-state index in [0.717, 1.165) is 24.4 Å². The molecule has 0 spiro atoms. The fourth-order valence-corrected chi connectivity index (χ4v) is 3.83. The van der Waals surface area contributed by atoms with Gasteiger partial charge in [0.1, 0.15) is 0 Å². The molecule has 1 saturated heterocycles. The van der Waals surface area contributed by atoms with Crippen LogP contribution >= 0.6 is 0 Å². The van der Waals surface area contributed by atoms with Gasteiger partial charge in [-0.25, -0.2) is 5.43 Å². The van der Waals surface area contributed by atoms with E-state index in [1.165, 1.54) is 0 Å². The Morgan fingerprint density at radius 1 is 1.21 bits per heavy atom. The van der Waals surface area contributed by atoms with Crippen molar-refractivity contribution >= 4 is 23.7 Å². The Labute approximate surface area is 162 Å². The Morgan fingerprint density at radius 3 is 2.39 bits per heavy atom. The van der Waals surface area contributed by atoms with Gasteiger partial charge in [0, 0.05) is 31.0 Å². The third-order valence-corrected chi connectivity index (χ3v) is 4.44. The minimum absolute atomic E-state index is 0.0683. The SMILES string of the molecule is CC1(C)CC(NC(=O)C(=O)N/N=C\c2cc([N+](=O)[O-])ccc2[O-])CC(C)(C)[NH2+]1. The Kier molecular flexibility index (Phi) is 6.03. The molecule has 1 fully saturated rings. The molecule has 152 valence electrons. The maximum atomic E-state index is 12.1. The van der Waals surface area contributed by atoms with Gasteiger partial charge in [-0.05, 0) is 33.3 Å². The topological polar surface area (TPSA) is 153 Å². The molecule has 1 heterocycles.